The maximum atomic E-state index is 6.15. The number of aromatic nitrogens is 2. The van der Waals surface area contributed by atoms with Crippen LogP contribution in [0.25, 0.3) is 11.2 Å². The minimum atomic E-state index is 0.00386. The van der Waals surface area contributed by atoms with E-state index in [0.717, 1.165) is 17.6 Å². The molecule has 1 aromatic carbocycles. The maximum Gasteiger partial charge on any atom is 0.198 e. The number of fused-ring (bicyclic) bond motifs is 1. The molecule has 19 heavy (non-hydrogen) atoms. The molecule has 1 unspecified atom stereocenters. The SMILES string of the molecule is NC(CCc1nc2ncccc2o1)c1ccccc1. The number of aryl methyl sites for hydroxylation is 1. The fraction of sp³-hybridized carbons (Fsp3) is 0.200. The van der Waals surface area contributed by atoms with Crippen LogP contribution < -0.4 is 5.73 Å². The molecular weight excluding hydrogens is 238 g/mol. The number of benzene rings is 1. The topological polar surface area (TPSA) is 64.9 Å². The molecule has 0 radical (unpaired) electrons. The summed E-state index contributed by atoms with van der Waals surface area (Å²) in [5.74, 6) is 0.695. The Kier molecular flexibility index (Phi) is 3.25. The van der Waals surface area contributed by atoms with Gasteiger partial charge in [-0.15, -0.1) is 0 Å². The van der Waals surface area contributed by atoms with Crippen LogP contribution in [0.1, 0.15) is 23.9 Å². The van der Waals surface area contributed by atoms with E-state index in [1.807, 2.05) is 42.5 Å². The molecule has 0 spiro atoms. The van der Waals surface area contributed by atoms with Crippen molar-refractivity contribution in [2.75, 3.05) is 0 Å². The van der Waals surface area contributed by atoms with Crippen LogP contribution in [0.2, 0.25) is 0 Å². The zero-order valence-electron chi connectivity index (χ0n) is 10.5. The van der Waals surface area contributed by atoms with Crippen LogP contribution in [0.5, 0.6) is 0 Å². The Morgan fingerprint density at radius 3 is 2.74 bits per heavy atom. The summed E-state index contributed by atoms with van der Waals surface area (Å²) in [6.07, 6.45) is 3.23. The van der Waals surface area contributed by atoms with Gasteiger partial charge < -0.3 is 10.2 Å². The summed E-state index contributed by atoms with van der Waals surface area (Å²) >= 11 is 0. The molecule has 3 aromatic rings. The van der Waals surface area contributed by atoms with Crippen molar-refractivity contribution in [1.29, 1.82) is 0 Å². The van der Waals surface area contributed by atoms with Gasteiger partial charge in [-0.2, -0.15) is 4.98 Å². The lowest BCUT2D eigenvalue weighted by Gasteiger charge is -2.09. The van der Waals surface area contributed by atoms with Gasteiger partial charge in [0, 0.05) is 18.7 Å². The van der Waals surface area contributed by atoms with Gasteiger partial charge in [-0.25, -0.2) is 4.98 Å². The van der Waals surface area contributed by atoms with Gasteiger partial charge in [-0.05, 0) is 24.1 Å². The molecule has 0 aliphatic carbocycles. The molecule has 96 valence electrons. The van der Waals surface area contributed by atoms with Gasteiger partial charge in [0.25, 0.3) is 0 Å². The summed E-state index contributed by atoms with van der Waals surface area (Å²) in [7, 11) is 0. The lowest BCUT2D eigenvalue weighted by Crippen LogP contribution is -2.11. The van der Waals surface area contributed by atoms with Crippen LogP contribution in [0.15, 0.2) is 53.1 Å². The van der Waals surface area contributed by atoms with Crippen LogP contribution in [-0.2, 0) is 6.42 Å². The largest absolute Gasteiger partial charge is 0.439 e. The second-order valence-corrected chi connectivity index (χ2v) is 4.49. The smallest absolute Gasteiger partial charge is 0.198 e. The van der Waals surface area contributed by atoms with E-state index in [4.69, 9.17) is 10.2 Å². The molecule has 4 heteroatoms. The van der Waals surface area contributed by atoms with Gasteiger partial charge in [0.1, 0.15) is 0 Å². The third-order valence-electron chi connectivity index (χ3n) is 3.11. The molecule has 0 aliphatic heterocycles. The third kappa shape index (κ3) is 2.63. The van der Waals surface area contributed by atoms with Gasteiger partial charge in [0.15, 0.2) is 17.1 Å². The quantitative estimate of drug-likeness (QED) is 0.776. The van der Waals surface area contributed by atoms with Gasteiger partial charge >= 0.3 is 0 Å². The first-order valence-corrected chi connectivity index (χ1v) is 6.34. The summed E-state index contributed by atoms with van der Waals surface area (Å²) in [4.78, 5) is 8.50. The van der Waals surface area contributed by atoms with Crippen LogP contribution in [-0.4, -0.2) is 9.97 Å². The molecule has 2 N–H and O–H groups in total. The maximum absolute atomic E-state index is 6.15. The Hall–Kier alpha value is -2.20. The molecule has 4 nitrogen and oxygen atoms in total. The zero-order valence-corrected chi connectivity index (χ0v) is 10.5. The summed E-state index contributed by atoms with van der Waals surface area (Å²) in [6.45, 7) is 0. The van der Waals surface area contributed by atoms with Crippen LogP contribution in [0.3, 0.4) is 0 Å². The summed E-state index contributed by atoms with van der Waals surface area (Å²) < 4.78 is 5.63. The monoisotopic (exact) mass is 253 g/mol. The van der Waals surface area contributed by atoms with Crippen molar-refractivity contribution in [3.05, 3.63) is 60.1 Å². The molecule has 0 fully saturated rings. The average molecular weight is 253 g/mol. The second kappa shape index (κ2) is 5.20. The first-order chi connectivity index (χ1) is 9.33. The first kappa shape index (κ1) is 11.9. The molecule has 0 saturated heterocycles. The summed E-state index contributed by atoms with van der Waals surface area (Å²) in [5.41, 5.74) is 8.67. The Morgan fingerprint density at radius 1 is 1.11 bits per heavy atom. The number of nitrogens with zero attached hydrogens (tertiary/aromatic N) is 2. The van der Waals surface area contributed by atoms with Crippen LogP contribution in [0.4, 0.5) is 0 Å². The summed E-state index contributed by atoms with van der Waals surface area (Å²) in [6, 6.07) is 13.8. The fourth-order valence-corrected chi connectivity index (χ4v) is 2.07. The number of nitrogens with two attached hydrogens (primary N) is 1. The van der Waals surface area contributed by atoms with Crippen molar-refractivity contribution in [1.82, 2.24) is 9.97 Å². The van der Waals surface area contributed by atoms with Crippen LogP contribution in [0, 0.1) is 0 Å². The van der Waals surface area contributed by atoms with Crippen molar-refractivity contribution < 1.29 is 4.42 Å². The molecule has 3 rings (SSSR count). The van der Waals surface area contributed by atoms with E-state index in [1.165, 1.54) is 0 Å². The van der Waals surface area contributed by atoms with E-state index in [9.17, 15) is 0 Å². The van der Waals surface area contributed by atoms with Gasteiger partial charge in [-0.1, -0.05) is 30.3 Å². The highest BCUT2D eigenvalue weighted by molar-refractivity contribution is 5.66. The van der Waals surface area contributed by atoms with Gasteiger partial charge in [0.2, 0.25) is 0 Å². The van der Waals surface area contributed by atoms with E-state index in [2.05, 4.69) is 9.97 Å². The molecule has 0 amide bonds. The number of hydrogen-bond donors (Lipinski definition) is 1. The molecule has 0 bridgehead atoms. The number of hydrogen-bond acceptors (Lipinski definition) is 4. The predicted octanol–water partition coefficient (Wildman–Crippen LogP) is 2.86. The van der Waals surface area contributed by atoms with Crippen LogP contribution >= 0.6 is 0 Å². The Morgan fingerprint density at radius 2 is 1.95 bits per heavy atom. The molecule has 2 heterocycles. The van der Waals surface area contributed by atoms with Gasteiger partial charge in [0.05, 0.1) is 0 Å². The molecule has 0 aliphatic rings. The summed E-state index contributed by atoms with van der Waals surface area (Å²) in [5, 5.41) is 0. The van der Waals surface area contributed by atoms with Crippen molar-refractivity contribution >= 4 is 11.2 Å². The van der Waals surface area contributed by atoms with E-state index >= 15 is 0 Å². The molecule has 0 saturated carbocycles. The van der Waals surface area contributed by atoms with Crippen molar-refractivity contribution in [3.8, 4) is 0 Å². The first-order valence-electron chi connectivity index (χ1n) is 6.34. The van der Waals surface area contributed by atoms with E-state index in [1.54, 1.807) is 6.20 Å². The minimum Gasteiger partial charge on any atom is -0.439 e. The Bertz CT molecular complexity index is 630. The predicted molar refractivity (Wildman–Crippen MR) is 73.5 cm³/mol. The van der Waals surface area contributed by atoms with E-state index in [-0.39, 0.29) is 6.04 Å². The van der Waals surface area contributed by atoms with E-state index in [0.29, 0.717) is 18.0 Å². The van der Waals surface area contributed by atoms with Crippen molar-refractivity contribution in [2.24, 2.45) is 5.73 Å². The number of oxazole rings is 1. The molecule has 2 aromatic heterocycles. The molecule has 1 atom stereocenters. The lowest BCUT2D eigenvalue weighted by atomic mass is 10.0. The van der Waals surface area contributed by atoms with Crippen molar-refractivity contribution in [2.45, 2.75) is 18.9 Å². The second-order valence-electron chi connectivity index (χ2n) is 4.49. The van der Waals surface area contributed by atoms with E-state index < -0.39 is 0 Å². The standard InChI is InChI=1S/C15H15N3O/c16-12(11-5-2-1-3-6-11)8-9-14-18-15-13(19-14)7-4-10-17-15/h1-7,10,12H,8-9,16H2. The number of rotatable bonds is 4. The highest BCUT2D eigenvalue weighted by atomic mass is 16.3. The average Bonchev–Trinajstić information content (AvgIpc) is 2.88. The highest BCUT2D eigenvalue weighted by Gasteiger charge is 2.10. The molecular formula is C15H15N3O. The normalized spacial score (nSPS) is 12.7. The lowest BCUT2D eigenvalue weighted by molar-refractivity contribution is 0.501. The fourth-order valence-electron chi connectivity index (χ4n) is 2.07. The third-order valence-corrected chi connectivity index (χ3v) is 3.11. The van der Waals surface area contributed by atoms with Crippen molar-refractivity contribution in [3.63, 3.8) is 0 Å². The van der Waals surface area contributed by atoms with Gasteiger partial charge in [-0.3, -0.25) is 0 Å². The highest BCUT2D eigenvalue weighted by Crippen LogP contribution is 2.18. The Labute approximate surface area is 111 Å². The number of pyridine rings is 1. The Balaban J connectivity index is 1.69. The zero-order chi connectivity index (χ0) is 13.1. The minimum absolute atomic E-state index is 0.00386.